The first-order valence-electron chi connectivity index (χ1n) is 7.10. The Morgan fingerprint density at radius 3 is 2.58 bits per heavy atom. The summed E-state index contributed by atoms with van der Waals surface area (Å²) in [5, 5.41) is 5.05. The molecular weight excluding hydrogens is 364 g/mol. The third-order valence-corrected chi connectivity index (χ3v) is 5.35. The van der Waals surface area contributed by atoms with Crippen molar-refractivity contribution >= 4 is 63.8 Å². The Hall–Kier alpha value is -2.02. The van der Waals surface area contributed by atoms with E-state index in [4.69, 9.17) is 23.8 Å². The van der Waals surface area contributed by atoms with Crippen LogP contribution in [0.15, 0.2) is 35.2 Å². The molecule has 24 heavy (non-hydrogen) atoms. The van der Waals surface area contributed by atoms with E-state index in [2.05, 4.69) is 5.32 Å². The van der Waals surface area contributed by atoms with Gasteiger partial charge >= 0.3 is 0 Å². The van der Waals surface area contributed by atoms with Crippen molar-refractivity contribution in [1.82, 2.24) is 5.32 Å². The van der Waals surface area contributed by atoms with E-state index in [1.165, 1.54) is 16.2 Å². The number of benzene rings is 1. The number of carbonyl (C=O) groups excluding carboxylic acids is 2. The maximum absolute atomic E-state index is 12.9. The standard InChI is InChI=1S/C17H13ClN2O2S2/c1-9-3-4-11(7-13(9)18)20-16(22)12(15(21)19-17(20)23)8-14-10(2)5-6-24-14/h3-8H,1-2H3,(H,19,21,23)/b12-8+. The van der Waals surface area contributed by atoms with E-state index in [0.29, 0.717) is 10.7 Å². The second-order valence-corrected chi connectivity index (χ2v) is 7.10. The van der Waals surface area contributed by atoms with Crippen molar-refractivity contribution in [2.24, 2.45) is 0 Å². The Morgan fingerprint density at radius 2 is 1.96 bits per heavy atom. The number of nitrogens with zero attached hydrogens (tertiary/aromatic N) is 1. The zero-order valence-corrected chi connectivity index (χ0v) is 15.3. The Labute approximate surface area is 153 Å². The van der Waals surface area contributed by atoms with E-state index in [0.717, 1.165) is 16.0 Å². The van der Waals surface area contributed by atoms with Crippen molar-refractivity contribution in [3.05, 3.63) is 56.2 Å². The summed E-state index contributed by atoms with van der Waals surface area (Å²) in [4.78, 5) is 27.2. The lowest BCUT2D eigenvalue weighted by molar-refractivity contribution is -0.122. The van der Waals surface area contributed by atoms with Crippen LogP contribution < -0.4 is 10.2 Å². The molecule has 1 saturated heterocycles. The molecule has 0 saturated carbocycles. The van der Waals surface area contributed by atoms with Gasteiger partial charge in [-0.15, -0.1) is 11.3 Å². The van der Waals surface area contributed by atoms with Gasteiger partial charge < -0.3 is 0 Å². The number of amides is 2. The SMILES string of the molecule is Cc1ccc(N2C(=O)/C(=C/c3sccc3C)C(=O)NC2=S)cc1Cl. The molecule has 7 heteroatoms. The summed E-state index contributed by atoms with van der Waals surface area (Å²) in [6.45, 7) is 3.80. The maximum Gasteiger partial charge on any atom is 0.270 e. The van der Waals surface area contributed by atoms with Gasteiger partial charge in [0.05, 0.1) is 5.69 Å². The monoisotopic (exact) mass is 376 g/mol. The van der Waals surface area contributed by atoms with Gasteiger partial charge in [-0.25, -0.2) is 0 Å². The molecule has 1 aromatic carbocycles. The fourth-order valence-electron chi connectivity index (χ4n) is 2.28. The van der Waals surface area contributed by atoms with E-state index in [-0.39, 0.29) is 10.7 Å². The van der Waals surface area contributed by atoms with Crippen LogP contribution in [0.25, 0.3) is 6.08 Å². The van der Waals surface area contributed by atoms with Crippen LogP contribution >= 0.6 is 35.2 Å². The van der Waals surface area contributed by atoms with Crippen molar-refractivity contribution in [2.75, 3.05) is 4.90 Å². The van der Waals surface area contributed by atoms with Gasteiger partial charge in [-0.2, -0.15) is 0 Å². The lowest BCUT2D eigenvalue weighted by atomic mass is 10.1. The van der Waals surface area contributed by atoms with Crippen LogP contribution in [0.1, 0.15) is 16.0 Å². The van der Waals surface area contributed by atoms with E-state index in [9.17, 15) is 9.59 Å². The number of aryl methyl sites for hydroxylation is 2. The van der Waals surface area contributed by atoms with Gasteiger partial charge in [0.15, 0.2) is 5.11 Å². The second-order valence-electron chi connectivity index (χ2n) is 5.36. The van der Waals surface area contributed by atoms with Gasteiger partial charge in [0.25, 0.3) is 11.8 Å². The van der Waals surface area contributed by atoms with E-state index < -0.39 is 11.8 Å². The molecule has 0 radical (unpaired) electrons. The molecule has 122 valence electrons. The van der Waals surface area contributed by atoms with Gasteiger partial charge in [-0.3, -0.25) is 19.8 Å². The summed E-state index contributed by atoms with van der Waals surface area (Å²) in [5.74, 6) is -0.955. The molecule has 0 bridgehead atoms. The van der Waals surface area contributed by atoms with E-state index >= 15 is 0 Å². The predicted octanol–water partition coefficient (Wildman–Crippen LogP) is 3.85. The van der Waals surface area contributed by atoms with Crippen molar-refractivity contribution in [2.45, 2.75) is 13.8 Å². The Kier molecular flexibility index (Phi) is 4.54. The summed E-state index contributed by atoms with van der Waals surface area (Å²) in [6, 6.07) is 7.14. The zero-order chi connectivity index (χ0) is 17.4. The van der Waals surface area contributed by atoms with E-state index in [1.54, 1.807) is 24.3 Å². The van der Waals surface area contributed by atoms with E-state index in [1.807, 2.05) is 25.3 Å². The van der Waals surface area contributed by atoms with Crippen LogP contribution in [0, 0.1) is 13.8 Å². The fourth-order valence-corrected chi connectivity index (χ4v) is 3.59. The van der Waals surface area contributed by atoms with Crippen molar-refractivity contribution in [3.8, 4) is 0 Å². The van der Waals surface area contributed by atoms with Gasteiger partial charge in [0, 0.05) is 9.90 Å². The normalized spacial score (nSPS) is 16.7. The molecule has 0 spiro atoms. The molecule has 2 heterocycles. The van der Waals surface area contributed by atoms with Crippen molar-refractivity contribution in [1.29, 1.82) is 0 Å². The van der Waals surface area contributed by atoms with Gasteiger partial charge in [0.1, 0.15) is 5.57 Å². The molecule has 1 N–H and O–H groups in total. The summed E-state index contributed by atoms with van der Waals surface area (Å²) in [7, 11) is 0. The minimum Gasteiger partial charge on any atom is -0.298 e. The number of nitrogens with one attached hydrogen (secondary N) is 1. The molecular formula is C17H13ClN2O2S2. The summed E-state index contributed by atoms with van der Waals surface area (Å²) in [6.07, 6.45) is 1.60. The predicted molar refractivity (Wildman–Crippen MR) is 101 cm³/mol. The van der Waals surface area contributed by atoms with Gasteiger partial charge in [0.2, 0.25) is 0 Å². The molecule has 0 unspecified atom stereocenters. The summed E-state index contributed by atoms with van der Waals surface area (Å²) in [5.41, 5.74) is 2.47. The molecule has 2 amide bonds. The van der Waals surface area contributed by atoms with Gasteiger partial charge in [-0.1, -0.05) is 17.7 Å². The number of hydrogen-bond acceptors (Lipinski definition) is 4. The molecule has 0 aliphatic carbocycles. The second kappa shape index (κ2) is 6.47. The molecule has 3 rings (SSSR count). The number of rotatable bonds is 2. The number of thiocarbonyl (C=S) groups is 1. The Morgan fingerprint density at radius 1 is 1.21 bits per heavy atom. The molecule has 0 atom stereocenters. The van der Waals surface area contributed by atoms with Crippen LogP contribution in [0.3, 0.4) is 0 Å². The molecule has 1 aliphatic rings. The third-order valence-electron chi connectivity index (χ3n) is 3.69. The fraction of sp³-hybridized carbons (Fsp3) is 0.118. The quantitative estimate of drug-likeness (QED) is 0.492. The minimum absolute atomic E-state index is 0.0463. The molecule has 2 aromatic rings. The number of carbonyl (C=O) groups is 2. The smallest absolute Gasteiger partial charge is 0.270 e. The Bertz CT molecular complexity index is 902. The van der Waals surface area contributed by atoms with Crippen molar-refractivity contribution in [3.63, 3.8) is 0 Å². The lowest BCUT2D eigenvalue weighted by Gasteiger charge is -2.29. The molecule has 1 aromatic heterocycles. The van der Waals surface area contributed by atoms with Gasteiger partial charge in [-0.05, 0) is 66.8 Å². The van der Waals surface area contributed by atoms with Crippen LogP contribution in [0.5, 0.6) is 0 Å². The highest BCUT2D eigenvalue weighted by Crippen LogP contribution is 2.27. The number of anilines is 1. The highest BCUT2D eigenvalue weighted by molar-refractivity contribution is 7.80. The zero-order valence-electron chi connectivity index (χ0n) is 12.9. The molecule has 1 fully saturated rings. The van der Waals surface area contributed by atoms with Crippen LogP contribution in [-0.4, -0.2) is 16.9 Å². The maximum atomic E-state index is 12.9. The van der Waals surface area contributed by atoms with Crippen LogP contribution in [0.2, 0.25) is 5.02 Å². The average molecular weight is 377 g/mol. The lowest BCUT2D eigenvalue weighted by Crippen LogP contribution is -2.54. The number of thiophene rings is 1. The first-order chi connectivity index (χ1) is 11.4. The topological polar surface area (TPSA) is 49.4 Å². The highest BCUT2D eigenvalue weighted by atomic mass is 35.5. The van der Waals surface area contributed by atoms with Crippen LogP contribution in [0.4, 0.5) is 5.69 Å². The minimum atomic E-state index is -0.493. The summed E-state index contributed by atoms with van der Waals surface area (Å²) < 4.78 is 0. The highest BCUT2D eigenvalue weighted by Gasteiger charge is 2.34. The Balaban J connectivity index is 2.04. The largest absolute Gasteiger partial charge is 0.298 e. The molecule has 4 nitrogen and oxygen atoms in total. The number of halogens is 1. The average Bonchev–Trinajstić information content (AvgIpc) is 2.92. The summed E-state index contributed by atoms with van der Waals surface area (Å²) >= 11 is 12.8. The number of hydrogen-bond donors (Lipinski definition) is 1. The van der Waals surface area contributed by atoms with Crippen LogP contribution in [-0.2, 0) is 9.59 Å². The van der Waals surface area contributed by atoms with Crippen molar-refractivity contribution < 1.29 is 9.59 Å². The third kappa shape index (κ3) is 3.00. The first-order valence-corrected chi connectivity index (χ1v) is 8.77. The first kappa shape index (κ1) is 16.8. The molecule has 1 aliphatic heterocycles.